The summed E-state index contributed by atoms with van der Waals surface area (Å²) in [5.41, 5.74) is 1.44. The van der Waals surface area contributed by atoms with Crippen molar-refractivity contribution in [2.45, 2.75) is 6.42 Å². The molecule has 24 heavy (non-hydrogen) atoms. The average molecular weight is 348 g/mol. The van der Waals surface area contributed by atoms with Gasteiger partial charge in [0.15, 0.2) is 6.61 Å². The Labute approximate surface area is 143 Å². The molecule has 0 aliphatic rings. The smallest absolute Gasteiger partial charge is 0.257 e. The molecule has 0 aliphatic heterocycles. The predicted octanol–water partition coefficient (Wildman–Crippen LogP) is 2.86. The van der Waals surface area contributed by atoms with Gasteiger partial charge < -0.3 is 14.5 Å². The lowest BCUT2D eigenvalue weighted by atomic mass is 10.3. The van der Waals surface area contributed by atoms with E-state index >= 15 is 0 Å². The van der Waals surface area contributed by atoms with Gasteiger partial charge in [-0.05, 0) is 24.3 Å². The molecule has 0 saturated carbocycles. The van der Waals surface area contributed by atoms with Gasteiger partial charge in [0.2, 0.25) is 0 Å². The minimum atomic E-state index is -0.323. The van der Waals surface area contributed by atoms with E-state index in [4.69, 9.17) is 16.3 Å². The Morgan fingerprint density at radius 3 is 2.92 bits per heavy atom. The van der Waals surface area contributed by atoms with E-state index in [1.165, 1.54) is 12.3 Å². The second-order valence-electron chi connectivity index (χ2n) is 5.16. The van der Waals surface area contributed by atoms with Crippen LogP contribution in [0.5, 0.6) is 5.75 Å². The number of hydrogen-bond donors (Lipinski definition) is 1. The number of carbonyl (C=O) groups is 1. The van der Waals surface area contributed by atoms with Crippen LogP contribution in [0.25, 0.3) is 5.65 Å². The first kappa shape index (κ1) is 16.3. The second-order valence-corrected chi connectivity index (χ2v) is 5.57. The molecule has 0 atom stereocenters. The number of rotatable bonds is 6. The van der Waals surface area contributed by atoms with Gasteiger partial charge in [0.05, 0.1) is 10.7 Å². The zero-order valence-corrected chi connectivity index (χ0v) is 13.5. The molecule has 2 heterocycles. The monoisotopic (exact) mass is 347 g/mol. The van der Waals surface area contributed by atoms with E-state index < -0.39 is 0 Å². The lowest BCUT2D eigenvalue weighted by molar-refractivity contribution is -0.123. The number of hydrogen-bond acceptors (Lipinski definition) is 3. The van der Waals surface area contributed by atoms with Gasteiger partial charge in [-0.25, -0.2) is 9.37 Å². The summed E-state index contributed by atoms with van der Waals surface area (Å²) in [6.45, 7) is 0.303. The third-order valence-corrected chi connectivity index (χ3v) is 3.68. The van der Waals surface area contributed by atoms with Gasteiger partial charge in [0, 0.05) is 25.4 Å². The zero-order chi connectivity index (χ0) is 16.9. The van der Waals surface area contributed by atoms with Crippen molar-refractivity contribution < 1.29 is 13.9 Å². The van der Waals surface area contributed by atoms with Crippen molar-refractivity contribution in [1.82, 2.24) is 14.7 Å². The number of fused-ring (bicyclic) bond motifs is 1. The third-order valence-electron chi connectivity index (χ3n) is 3.36. The highest BCUT2D eigenvalue weighted by molar-refractivity contribution is 6.32. The van der Waals surface area contributed by atoms with Crippen LogP contribution >= 0.6 is 11.6 Å². The van der Waals surface area contributed by atoms with Gasteiger partial charge in [-0.2, -0.15) is 0 Å². The molecule has 1 amide bonds. The van der Waals surface area contributed by atoms with Crippen molar-refractivity contribution in [3.05, 3.63) is 65.3 Å². The highest BCUT2D eigenvalue weighted by Crippen LogP contribution is 2.22. The highest BCUT2D eigenvalue weighted by atomic mass is 35.5. The first-order valence-corrected chi connectivity index (χ1v) is 7.77. The fraction of sp³-hybridized carbons (Fsp3) is 0.176. The number of imidazole rings is 1. The van der Waals surface area contributed by atoms with E-state index in [1.807, 2.05) is 0 Å². The topological polar surface area (TPSA) is 55.6 Å². The van der Waals surface area contributed by atoms with E-state index in [-0.39, 0.29) is 18.3 Å². The third kappa shape index (κ3) is 4.02. The number of amides is 1. The largest absolute Gasteiger partial charge is 0.482 e. The van der Waals surface area contributed by atoms with Gasteiger partial charge in [-0.1, -0.05) is 23.7 Å². The number of ether oxygens (including phenoxy) is 1. The summed E-state index contributed by atoms with van der Waals surface area (Å²) in [7, 11) is 0. The summed E-state index contributed by atoms with van der Waals surface area (Å²) in [5.74, 6) is -0.0992. The van der Waals surface area contributed by atoms with Crippen LogP contribution in [0.1, 0.15) is 5.69 Å². The molecule has 0 aliphatic carbocycles. The highest BCUT2D eigenvalue weighted by Gasteiger charge is 2.06. The molecule has 0 bridgehead atoms. The van der Waals surface area contributed by atoms with Crippen LogP contribution in [-0.2, 0) is 11.2 Å². The first-order valence-electron chi connectivity index (χ1n) is 7.39. The normalized spacial score (nSPS) is 10.8. The van der Waals surface area contributed by atoms with E-state index in [0.29, 0.717) is 29.4 Å². The number of para-hydroxylation sites is 1. The maximum Gasteiger partial charge on any atom is 0.257 e. The molecule has 3 rings (SSSR count). The molecule has 0 unspecified atom stereocenters. The maximum atomic E-state index is 13.1. The number of nitrogens with one attached hydrogen (secondary N) is 1. The van der Waals surface area contributed by atoms with E-state index in [9.17, 15) is 9.18 Å². The van der Waals surface area contributed by atoms with Crippen LogP contribution in [0, 0.1) is 5.82 Å². The van der Waals surface area contributed by atoms with E-state index in [2.05, 4.69) is 10.3 Å². The second kappa shape index (κ2) is 7.31. The molecule has 1 N–H and O–H groups in total. The molecule has 0 spiro atoms. The molecule has 0 radical (unpaired) electrons. The minimum Gasteiger partial charge on any atom is -0.482 e. The maximum absolute atomic E-state index is 13.1. The van der Waals surface area contributed by atoms with E-state index in [0.717, 1.165) is 5.69 Å². The number of nitrogens with zero attached hydrogens (tertiary/aromatic N) is 2. The summed E-state index contributed by atoms with van der Waals surface area (Å²) in [4.78, 5) is 16.1. The number of aromatic nitrogens is 2. The lowest BCUT2D eigenvalue weighted by Gasteiger charge is -2.08. The van der Waals surface area contributed by atoms with Crippen molar-refractivity contribution in [2.75, 3.05) is 13.2 Å². The Bertz CT molecular complexity index is 866. The molecule has 7 heteroatoms. The predicted molar refractivity (Wildman–Crippen MR) is 88.8 cm³/mol. The molecule has 5 nitrogen and oxygen atoms in total. The number of carbonyl (C=O) groups excluding carboxylic acids is 1. The van der Waals surface area contributed by atoms with Crippen LogP contribution in [0.2, 0.25) is 5.02 Å². The van der Waals surface area contributed by atoms with Crippen LogP contribution in [-0.4, -0.2) is 28.4 Å². The van der Waals surface area contributed by atoms with Gasteiger partial charge in [-0.15, -0.1) is 0 Å². The van der Waals surface area contributed by atoms with Crippen molar-refractivity contribution >= 4 is 23.2 Å². The summed E-state index contributed by atoms with van der Waals surface area (Å²) in [5, 5.41) is 3.21. The number of pyridine rings is 1. The minimum absolute atomic E-state index is 0.111. The van der Waals surface area contributed by atoms with Crippen LogP contribution in [0.4, 0.5) is 4.39 Å². The molecule has 0 fully saturated rings. The van der Waals surface area contributed by atoms with Crippen LogP contribution < -0.4 is 10.1 Å². The van der Waals surface area contributed by atoms with Crippen molar-refractivity contribution in [3.8, 4) is 5.75 Å². The Morgan fingerprint density at radius 1 is 1.25 bits per heavy atom. The first-order chi connectivity index (χ1) is 11.6. The molecular formula is C17H15ClFN3O2. The van der Waals surface area contributed by atoms with E-state index in [1.54, 1.807) is 40.9 Å². The molecule has 124 valence electrons. The van der Waals surface area contributed by atoms with Gasteiger partial charge >= 0.3 is 0 Å². The fourth-order valence-electron chi connectivity index (χ4n) is 2.22. The Kier molecular flexibility index (Phi) is 4.96. The summed E-state index contributed by atoms with van der Waals surface area (Å²) >= 11 is 5.95. The molecular weight excluding hydrogens is 333 g/mol. The lowest BCUT2D eigenvalue weighted by Crippen LogP contribution is -2.30. The molecule has 0 saturated heterocycles. The number of benzene rings is 1. The SMILES string of the molecule is O=C(COc1ccccc1Cl)NCCc1cn2cc(F)ccc2n1. The zero-order valence-electron chi connectivity index (χ0n) is 12.7. The molecule has 2 aromatic heterocycles. The van der Waals surface area contributed by atoms with Crippen LogP contribution in [0.3, 0.4) is 0 Å². The standard InChI is InChI=1S/C17H15ClFN3O2/c18-14-3-1-2-4-15(14)24-11-17(23)20-8-7-13-10-22-9-12(19)5-6-16(22)21-13/h1-6,9-10H,7-8,11H2,(H,20,23). The summed E-state index contributed by atoms with van der Waals surface area (Å²) in [6, 6.07) is 9.93. The quantitative estimate of drug-likeness (QED) is 0.746. The fourth-order valence-corrected chi connectivity index (χ4v) is 2.41. The molecule has 1 aromatic carbocycles. The Hall–Kier alpha value is -2.60. The van der Waals surface area contributed by atoms with Gasteiger partial charge in [0.25, 0.3) is 5.91 Å². The summed E-state index contributed by atoms with van der Waals surface area (Å²) in [6.07, 6.45) is 3.65. The van der Waals surface area contributed by atoms with Crippen LogP contribution in [0.15, 0.2) is 48.8 Å². The Balaban J connectivity index is 1.47. The van der Waals surface area contributed by atoms with Crippen molar-refractivity contribution in [1.29, 1.82) is 0 Å². The van der Waals surface area contributed by atoms with Crippen molar-refractivity contribution in [3.63, 3.8) is 0 Å². The number of halogens is 2. The van der Waals surface area contributed by atoms with Gasteiger partial charge in [0.1, 0.15) is 17.2 Å². The summed E-state index contributed by atoms with van der Waals surface area (Å²) < 4.78 is 20.1. The van der Waals surface area contributed by atoms with Gasteiger partial charge in [-0.3, -0.25) is 4.79 Å². The Morgan fingerprint density at radius 2 is 2.08 bits per heavy atom. The average Bonchev–Trinajstić information content (AvgIpc) is 2.96. The molecule has 3 aromatic rings. The van der Waals surface area contributed by atoms with Crippen molar-refractivity contribution in [2.24, 2.45) is 0 Å².